The first-order chi connectivity index (χ1) is 15.8. The molecule has 0 spiro atoms. The highest BCUT2D eigenvalue weighted by molar-refractivity contribution is 7.85. The van der Waals surface area contributed by atoms with E-state index in [0.29, 0.717) is 35.0 Å². The first-order valence-electron chi connectivity index (χ1n) is 13.7. The van der Waals surface area contributed by atoms with E-state index in [0.717, 1.165) is 37.0 Å². The van der Waals surface area contributed by atoms with Crippen LogP contribution in [-0.4, -0.2) is 41.9 Å². The predicted molar refractivity (Wildman–Crippen MR) is 132 cm³/mol. The van der Waals surface area contributed by atoms with Gasteiger partial charge >= 0.3 is 0 Å². The molecule has 0 bridgehead atoms. The average molecular weight is 497 g/mol. The summed E-state index contributed by atoms with van der Waals surface area (Å²) in [7, 11) is -4.34. The van der Waals surface area contributed by atoms with Gasteiger partial charge in [0.2, 0.25) is 5.91 Å². The number of nitrogens with one attached hydrogen (secondary N) is 1. The second kappa shape index (κ2) is 9.66. The third-order valence-corrected chi connectivity index (χ3v) is 12.0. The standard InChI is InChI=1S/C27H47NO5S/c1-17(5-10-25(30)28-18(2)16-34(31,32)33)22-8-9-23-21-7-6-19-15-20(29)11-13-26(19,3)24(21)12-14-27(22,23)4/h17-24,29H,5-16H2,1-4H3,(H,28,30)(H,31,32,33)/p-1/t17-,18+,19-,20-,21+,22-,23+,24+,26+,27-/m1/s1. The Labute approximate surface area is 206 Å². The van der Waals surface area contributed by atoms with Gasteiger partial charge in [-0.3, -0.25) is 4.79 Å². The molecule has 1 amide bonds. The largest absolute Gasteiger partial charge is 0.748 e. The molecule has 0 aromatic rings. The van der Waals surface area contributed by atoms with Crippen molar-refractivity contribution in [3.05, 3.63) is 0 Å². The van der Waals surface area contributed by atoms with Crippen molar-refractivity contribution in [1.82, 2.24) is 5.32 Å². The molecule has 6 nitrogen and oxygen atoms in total. The molecule has 0 radical (unpaired) electrons. The first kappa shape index (κ1) is 26.4. The molecule has 0 aromatic heterocycles. The van der Waals surface area contributed by atoms with E-state index >= 15 is 0 Å². The SMILES string of the molecule is C[C@H](CCC(=O)N[C@@H](C)CS(=O)(=O)[O-])[C@H]1CC[C@H]2[C@@H]3CC[C@@H]4C[C@H](O)CC[C@]4(C)[C@H]3CC[C@]12C. The highest BCUT2D eigenvalue weighted by Gasteiger charge is 2.60. The molecule has 4 fully saturated rings. The van der Waals surface area contributed by atoms with Crippen LogP contribution >= 0.6 is 0 Å². The van der Waals surface area contributed by atoms with Gasteiger partial charge in [-0.1, -0.05) is 20.8 Å². The Hall–Kier alpha value is -0.660. The van der Waals surface area contributed by atoms with Gasteiger partial charge < -0.3 is 15.0 Å². The van der Waals surface area contributed by atoms with Crippen LogP contribution in [0.15, 0.2) is 0 Å². The Morgan fingerprint density at radius 3 is 2.41 bits per heavy atom. The van der Waals surface area contributed by atoms with Crippen molar-refractivity contribution in [2.75, 3.05) is 5.75 Å². The lowest BCUT2D eigenvalue weighted by atomic mass is 9.44. The molecule has 0 heterocycles. The zero-order chi connectivity index (χ0) is 24.9. The van der Waals surface area contributed by atoms with Gasteiger partial charge in [0.1, 0.15) is 0 Å². The van der Waals surface area contributed by atoms with Crippen LogP contribution in [0.3, 0.4) is 0 Å². The summed E-state index contributed by atoms with van der Waals surface area (Å²) in [5, 5.41) is 12.9. The maximum atomic E-state index is 12.4. The molecule has 4 saturated carbocycles. The lowest BCUT2D eigenvalue weighted by molar-refractivity contribution is -0.130. The Morgan fingerprint density at radius 1 is 1.03 bits per heavy atom. The van der Waals surface area contributed by atoms with Crippen LogP contribution in [0, 0.1) is 46.3 Å². The van der Waals surface area contributed by atoms with Gasteiger partial charge in [-0.25, -0.2) is 8.42 Å². The van der Waals surface area contributed by atoms with E-state index < -0.39 is 21.9 Å². The van der Waals surface area contributed by atoms with E-state index in [1.165, 1.54) is 44.9 Å². The van der Waals surface area contributed by atoms with Crippen LogP contribution in [0.25, 0.3) is 0 Å². The number of aliphatic hydroxyl groups excluding tert-OH is 1. The van der Waals surface area contributed by atoms with Crippen LogP contribution in [0.2, 0.25) is 0 Å². The van der Waals surface area contributed by atoms with E-state index in [1.807, 2.05) is 0 Å². The fourth-order valence-electron chi connectivity index (χ4n) is 9.47. The van der Waals surface area contributed by atoms with Gasteiger partial charge in [0, 0.05) is 12.5 Å². The topological polar surface area (TPSA) is 107 Å². The summed E-state index contributed by atoms with van der Waals surface area (Å²) in [5.41, 5.74) is 0.748. The fraction of sp³-hybridized carbons (Fsp3) is 0.963. The van der Waals surface area contributed by atoms with Crippen molar-refractivity contribution in [3.8, 4) is 0 Å². The lowest BCUT2D eigenvalue weighted by Gasteiger charge is -2.61. The van der Waals surface area contributed by atoms with Crippen LogP contribution in [0.1, 0.15) is 98.3 Å². The maximum Gasteiger partial charge on any atom is 0.220 e. The van der Waals surface area contributed by atoms with Crippen molar-refractivity contribution in [1.29, 1.82) is 0 Å². The lowest BCUT2D eigenvalue weighted by Crippen LogP contribution is -2.54. The minimum absolute atomic E-state index is 0.0925. The van der Waals surface area contributed by atoms with Gasteiger partial charge in [-0.15, -0.1) is 0 Å². The van der Waals surface area contributed by atoms with Crippen molar-refractivity contribution in [2.24, 2.45) is 46.3 Å². The molecule has 4 rings (SSSR count). The van der Waals surface area contributed by atoms with Gasteiger partial charge in [-0.2, -0.15) is 0 Å². The van der Waals surface area contributed by atoms with E-state index in [9.17, 15) is 22.9 Å². The smallest absolute Gasteiger partial charge is 0.220 e. The van der Waals surface area contributed by atoms with Crippen LogP contribution < -0.4 is 5.32 Å². The molecule has 0 aromatic carbocycles. The third kappa shape index (κ3) is 5.08. The number of aliphatic hydroxyl groups is 1. The van der Waals surface area contributed by atoms with Crippen LogP contribution in [0.5, 0.6) is 0 Å². The first-order valence-corrected chi connectivity index (χ1v) is 15.3. The second-order valence-corrected chi connectivity index (χ2v) is 14.5. The Kier molecular flexibility index (Phi) is 7.50. The van der Waals surface area contributed by atoms with Crippen molar-refractivity contribution in [3.63, 3.8) is 0 Å². The number of fused-ring (bicyclic) bond motifs is 5. The second-order valence-electron chi connectivity index (χ2n) is 13.0. The highest BCUT2D eigenvalue weighted by atomic mass is 32.2. The van der Waals surface area contributed by atoms with Crippen LogP contribution in [0.4, 0.5) is 0 Å². The summed E-state index contributed by atoms with van der Waals surface area (Å²) in [6.07, 6.45) is 12.0. The Bertz CT molecular complexity index is 861. The van der Waals surface area contributed by atoms with Crippen molar-refractivity contribution < 1.29 is 22.9 Å². The fourth-order valence-corrected chi connectivity index (χ4v) is 10.2. The molecular weight excluding hydrogens is 450 g/mol. The number of rotatable bonds is 7. The van der Waals surface area contributed by atoms with Crippen LogP contribution in [-0.2, 0) is 14.9 Å². The summed E-state index contributed by atoms with van der Waals surface area (Å²) < 4.78 is 32.8. The number of amides is 1. The summed E-state index contributed by atoms with van der Waals surface area (Å²) in [5.74, 6) is 3.45. The quantitative estimate of drug-likeness (QED) is 0.506. The van der Waals surface area contributed by atoms with E-state index in [1.54, 1.807) is 6.92 Å². The molecule has 0 unspecified atom stereocenters. The highest BCUT2D eigenvalue weighted by Crippen LogP contribution is 2.68. The zero-order valence-electron chi connectivity index (χ0n) is 21.6. The monoisotopic (exact) mass is 496 g/mol. The zero-order valence-corrected chi connectivity index (χ0v) is 22.4. The number of carbonyl (C=O) groups is 1. The number of hydrogen-bond donors (Lipinski definition) is 2. The molecule has 7 heteroatoms. The van der Waals surface area contributed by atoms with Gasteiger partial charge in [0.05, 0.1) is 22.0 Å². The van der Waals surface area contributed by atoms with Gasteiger partial charge in [0.15, 0.2) is 0 Å². The maximum absolute atomic E-state index is 12.4. The summed E-state index contributed by atoms with van der Waals surface area (Å²) in [4.78, 5) is 12.4. The molecular formula is C27H46NO5S-. The van der Waals surface area contributed by atoms with Crippen molar-refractivity contribution in [2.45, 2.75) is 110 Å². The molecule has 10 atom stereocenters. The summed E-state index contributed by atoms with van der Waals surface area (Å²) in [6.45, 7) is 8.93. The van der Waals surface area contributed by atoms with Crippen molar-refractivity contribution >= 4 is 16.0 Å². The molecule has 0 aliphatic heterocycles. The molecule has 196 valence electrons. The molecule has 2 N–H and O–H groups in total. The van der Waals surface area contributed by atoms with E-state index in [4.69, 9.17) is 0 Å². The Morgan fingerprint density at radius 2 is 1.71 bits per heavy atom. The third-order valence-electron chi connectivity index (χ3n) is 11.1. The summed E-state index contributed by atoms with van der Waals surface area (Å²) >= 11 is 0. The van der Waals surface area contributed by atoms with E-state index in [2.05, 4.69) is 26.1 Å². The van der Waals surface area contributed by atoms with Gasteiger partial charge in [0.25, 0.3) is 0 Å². The molecule has 0 saturated heterocycles. The number of hydrogen-bond acceptors (Lipinski definition) is 5. The Balaban J connectivity index is 1.36. The minimum Gasteiger partial charge on any atom is -0.748 e. The molecule has 34 heavy (non-hydrogen) atoms. The summed E-state index contributed by atoms with van der Waals surface area (Å²) in [6, 6.07) is -0.647. The normalized spacial score (nSPS) is 43.8. The van der Waals surface area contributed by atoms with Gasteiger partial charge in [-0.05, 0) is 117 Å². The molecule has 4 aliphatic rings. The molecule has 4 aliphatic carbocycles. The van der Waals surface area contributed by atoms with E-state index in [-0.39, 0.29) is 12.0 Å². The minimum atomic E-state index is -4.34. The predicted octanol–water partition coefficient (Wildman–Crippen LogP) is 4.47. The average Bonchev–Trinajstić information content (AvgIpc) is 3.08. The number of carbonyl (C=O) groups excluding carboxylic acids is 1.